The van der Waals surface area contributed by atoms with Crippen LogP contribution in [0, 0.1) is 5.41 Å². The van der Waals surface area contributed by atoms with Crippen LogP contribution in [0.4, 0.5) is 0 Å². The molecule has 1 saturated carbocycles. The molecule has 3 fully saturated rings. The van der Waals surface area contributed by atoms with Gasteiger partial charge in [0.2, 0.25) is 0 Å². The predicted octanol–water partition coefficient (Wildman–Crippen LogP) is 1.45. The molecular weight excluding hydrogens is 190 g/mol. The van der Waals surface area contributed by atoms with Crippen LogP contribution >= 0.6 is 0 Å². The predicted molar refractivity (Wildman–Crippen MR) is 57.6 cm³/mol. The molecule has 0 aromatic rings. The lowest BCUT2D eigenvalue weighted by molar-refractivity contribution is -0.0112. The largest absolute Gasteiger partial charge is 0.369 e. The SMILES string of the molecule is CC1(C2(C3(C)CO3)CCC(N)CC2)CO1. The van der Waals surface area contributed by atoms with Gasteiger partial charge in [-0.25, -0.2) is 0 Å². The van der Waals surface area contributed by atoms with Crippen molar-refractivity contribution in [1.29, 1.82) is 0 Å². The number of epoxide rings is 2. The zero-order chi connectivity index (χ0) is 10.7. The van der Waals surface area contributed by atoms with Crippen molar-refractivity contribution in [3.05, 3.63) is 0 Å². The molecule has 0 radical (unpaired) electrons. The Labute approximate surface area is 91.3 Å². The van der Waals surface area contributed by atoms with Gasteiger partial charge in [-0.05, 0) is 39.5 Å². The van der Waals surface area contributed by atoms with E-state index in [1.165, 1.54) is 12.8 Å². The molecule has 0 spiro atoms. The number of ether oxygens (including phenoxy) is 2. The molecule has 2 heterocycles. The topological polar surface area (TPSA) is 51.1 Å². The van der Waals surface area contributed by atoms with Gasteiger partial charge in [-0.1, -0.05) is 0 Å². The summed E-state index contributed by atoms with van der Waals surface area (Å²) in [5.41, 5.74) is 6.37. The van der Waals surface area contributed by atoms with E-state index in [-0.39, 0.29) is 16.6 Å². The molecule has 3 nitrogen and oxygen atoms in total. The highest BCUT2D eigenvalue weighted by Crippen LogP contribution is 2.63. The second kappa shape index (κ2) is 2.76. The van der Waals surface area contributed by atoms with Crippen LogP contribution in [0.15, 0.2) is 0 Å². The molecule has 2 atom stereocenters. The minimum Gasteiger partial charge on any atom is -0.369 e. The van der Waals surface area contributed by atoms with Crippen molar-refractivity contribution >= 4 is 0 Å². The Hall–Kier alpha value is -0.120. The first-order valence-electron chi connectivity index (χ1n) is 6.05. The zero-order valence-electron chi connectivity index (χ0n) is 9.71. The summed E-state index contributed by atoms with van der Waals surface area (Å²) in [6.45, 7) is 6.30. The van der Waals surface area contributed by atoms with Gasteiger partial charge in [-0.15, -0.1) is 0 Å². The summed E-state index contributed by atoms with van der Waals surface area (Å²) in [5.74, 6) is 0. The third-order valence-electron chi connectivity index (χ3n) is 5.06. The van der Waals surface area contributed by atoms with Crippen molar-refractivity contribution < 1.29 is 9.47 Å². The van der Waals surface area contributed by atoms with E-state index >= 15 is 0 Å². The molecule has 0 aromatic carbocycles. The molecule has 2 unspecified atom stereocenters. The Bertz CT molecular complexity index is 253. The van der Waals surface area contributed by atoms with E-state index in [9.17, 15) is 0 Å². The van der Waals surface area contributed by atoms with Crippen LogP contribution in [0.2, 0.25) is 0 Å². The highest BCUT2D eigenvalue weighted by molar-refractivity contribution is 5.19. The first-order valence-corrected chi connectivity index (χ1v) is 6.05. The lowest BCUT2D eigenvalue weighted by Crippen LogP contribution is -2.51. The third-order valence-corrected chi connectivity index (χ3v) is 5.06. The van der Waals surface area contributed by atoms with Crippen molar-refractivity contribution in [2.24, 2.45) is 11.1 Å². The molecule has 2 N–H and O–H groups in total. The molecule has 3 rings (SSSR count). The van der Waals surface area contributed by atoms with Crippen LogP contribution in [0.1, 0.15) is 39.5 Å². The maximum absolute atomic E-state index is 6.00. The summed E-state index contributed by atoms with van der Waals surface area (Å²) >= 11 is 0. The summed E-state index contributed by atoms with van der Waals surface area (Å²) in [6, 6.07) is 0.392. The summed E-state index contributed by atoms with van der Waals surface area (Å²) < 4.78 is 11.4. The minimum absolute atomic E-state index is 0.0678. The molecule has 0 aromatic heterocycles. The van der Waals surface area contributed by atoms with E-state index in [2.05, 4.69) is 13.8 Å². The van der Waals surface area contributed by atoms with Gasteiger partial charge in [0.25, 0.3) is 0 Å². The second-order valence-electron chi connectivity index (χ2n) is 5.96. The van der Waals surface area contributed by atoms with Gasteiger partial charge in [-0.2, -0.15) is 0 Å². The molecule has 3 heteroatoms. The van der Waals surface area contributed by atoms with E-state index < -0.39 is 0 Å². The molecule has 3 aliphatic rings. The lowest BCUT2D eigenvalue weighted by Gasteiger charge is -2.45. The van der Waals surface area contributed by atoms with Gasteiger partial charge in [0.15, 0.2) is 0 Å². The van der Waals surface area contributed by atoms with Crippen molar-refractivity contribution in [2.45, 2.75) is 56.8 Å². The van der Waals surface area contributed by atoms with Crippen molar-refractivity contribution in [3.8, 4) is 0 Å². The first-order chi connectivity index (χ1) is 7.02. The summed E-state index contributed by atoms with van der Waals surface area (Å²) in [5, 5.41) is 0. The van der Waals surface area contributed by atoms with Gasteiger partial charge in [0.05, 0.1) is 24.4 Å². The fourth-order valence-electron chi connectivity index (χ4n) is 3.52. The van der Waals surface area contributed by atoms with E-state index in [0.717, 1.165) is 26.1 Å². The number of hydrogen-bond donors (Lipinski definition) is 1. The monoisotopic (exact) mass is 211 g/mol. The summed E-state index contributed by atoms with van der Waals surface area (Å²) in [4.78, 5) is 0. The molecule has 0 bridgehead atoms. The molecule has 2 saturated heterocycles. The molecule has 0 amide bonds. The standard InChI is InChI=1S/C12H21NO2/c1-10(7-14-10)12(11(2)8-15-11)5-3-9(13)4-6-12/h9H,3-8,13H2,1-2H3. The van der Waals surface area contributed by atoms with Crippen LogP contribution < -0.4 is 5.73 Å². The van der Waals surface area contributed by atoms with Crippen molar-refractivity contribution in [3.63, 3.8) is 0 Å². The normalized spacial score (nSPS) is 59.0. The Morgan fingerprint density at radius 1 is 1.00 bits per heavy atom. The zero-order valence-corrected chi connectivity index (χ0v) is 9.71. The van der Waals surface area contributed by atoms with E-state index in [1.807, 2.05) is 0 Å². The fraction of sp³-hybridized carbons (Fsp3) is 1.00. The van der Waals surface area contributed by atoms with Gasteiger partial charge in [0, 0.05) is 11.5 Å². The summed E-state index contributed by atoms with van der Waals surface area (Å²) in [6.07, 6.45) is 4.58. The van der Waals surface area contributed by atoms with Gasteiger partial charge in [0.1, 0.15) is 0 Å². The molecule has 2 aliphatic heterocycles. The fourth-order valence-corrected chi connectivity index (χ4v) is 3.52. The van der Waals surface area contributed by atoms with Gasteiger partial charge < -0.3 is 15.2 Å². The maximum Gasteiger partial charge on any atom is 0.0972 e. The van der Waals surface area contributed by atoms with E-state index in [1.54, 1.807) is 0 Å². The highest BCUT2D eigenvalue weighted by atomic mass is 16.6. The molecule has 15 heavy (non-hydrogen) atoms. The second-order valence-corrected chi connectivity index (χ2v) is 5.96. The average Bonchev–Trinajstić information content (AvgIpc) is 3.09. The van der Waals surface area contributed by atoms with Gasteiger partial charge >= 0.3 is 0 Å². The van der Waals surface area contributed by atoms with E-state index in [0.29, 0.717) is 6.04 Å². The number of hydrogen-bond acceptors (Lipinski definition) is 3. The van der Waals surface area contributed by atoms with Crippen LogP contribution in [0.3, 0.4) is 0 Å². The van der Waals surface area contributed by atoms with Crippen LogP contribution in [-0.2, 0) is 9.47 Å². The lowest BCUT2D eigenvalue weighted by atomic mass is 9.59. The quantitative estimate of drug-likeness (QED) is 0.703. The Balaban J connectivity index is 1.89. The van der Waals surface area contributed by atoms with Crippen molar-refractivity contribution in [2.75, 3.05) is 13.2 Å². The molecule has 1 aliphatic carbocycles. The van der Waals surface area contributed by atoms with Crippen molar-refractivity contribution in [1.82, 2.24) is 0 Å². The van der Waals surface area contributed by atoms with Crippen LogP contribution in [0.25, 0.3) is 0 Å². The summed E-state index contributed by atoms with van der Waals surface area (Å²) in [7, 11) is 0. The van der Waals surface area contributed by atoms with Crippen LogP contribution in [-0.4, -0.2) is 30.5 Å². The van der Waals surface area contributed by atoms with Crippen LogP contribution in [0.5, 0.6) is 0 Å². The highest BCUT2D eigenvalue weighted by Gasteiger charge is 2.70. The average molecular weight is 211 g/mol. The Kier molecular flexibility index (Phi) is 1.85. The molecule has 86 valence electrons. The smallest absolute Gasteiger partial charge is 0.0972 e. The molecular formula is C12H21NO2. The van der Waals surface area contributed by atoms with Gasteiger partial charge in [-0.3, -0.25) is 0 Å². The number of rotatable bonds is 2. The third kappa shape index (κ3) is 1.23. The van der Waals surface area contributed by atoms with E-state index in [4.69, 9.17) is 15.2 Å². The Morgan fingerprint density at radius 3 is 1.73 bits per heavy atom. The number of nitrogens with two attached hydrogens (primary N) is 1. The minimum atomic E-state index is 0.0678. The first kappa shape index (κ1) is 10.1. The Morgan fingerprint density at radius 2 is 1.40 bits per heavy atom. The maximum atomic E-state index is 6.00.